The Morgan fingerprint density at radius 2 is 1.86 bits per heavy atom. The number of nitrogens with one attached hydrogen (secondary N) is 2. The molecule has 0 aliphatic heterocycles. The van der Waals surface area contributed by atoms with Crippen molar-refractivity contribution in [3.63, 3.8) is 0 Å². The minimum absolute atomic E-state index is 0.00530. The number of hydrogen-bond acceptors (Lipinski definition) is 4. The molecule has 0 saturated heterocycles. The molecule has 0 fully saturated rings. The predicted octanol–water partition coefficient (Wildman–Crippen LogP) is 0.513. The molecule has 1 amide bonds. The maximum Gasteiger partial charge on any atom is 0.260 e. The van der Waals surface area contributed by atoms with E-state index in [0.717, 1.165) is 0 Å². The second-order valence-corrected chi connectivity index (χ2v) is 6.28. The molecule has 2 aromatic rings. The maximum atomic E-state index is 12.0. The number of amides is 1. The summed E-state index contributed by atoms with van der Waals surface area (Å²) >= 11 is 0. The summed E-state index contributed by atoms with van der Waals surface area (Å²) in [4.78, 5) is 26.0. The molecule has 7 nitrogen and oxygen atoms in total. The van der Waals surface area contributed by atoms with Gasteiger partial charge in [0.25, 0.3) is 11.5 Å². The summed E-state index contributed by atoms with van der Waals surface area (Å²) in [5.41, 5.74) is 0.223. The van der Waals surface area contributed by atoms with Gasteiger partial charge in [0, 0.05) is 6.20 Å². The lowest BCUT2D eigenvalue weighted by atomic mass is 10.1. The van der Waals surface area contributed by atoms with Gasteiger partial charge in [-0.1, -0.05) is 12.1 Å². The number of H-pyrrole nitrogens is 1. The first-order valence-corrected chi connectivity index (χ1v) is 7.95. The maximum absolute atomic E-state index is 12.0. The van der Waals surface area contributed by atoms with Gasteiger partial charge in [-0.3, -0.25) is 9.59 Å². The molecular weight excluding hydrogens is 306 g/mol. The summed E-state index contributed by atoms with van der Waals surface area (Å²) in [6.45, 7) is 1.72. The third-order valence-electron chi connectivity index (χ3n) is 3.12. The Morgan fingerprint density at radius 1 is 1.23 bits per heavy atom. The van der Waals surface area contributed by atoms with Crippen LogP contribution in [0.5, 0.6) is 0 Å². The van der Waals surface area contributed by atoms with Crippen LogP contribution in [0.25, 0.3) is 0 Å². The molecule has 1 aromatic carbocycles. The molecule has 1 heterocycles. The van der Waals surface area contributed by atoms with Gasteiger partial charge in [0.1, 0.15) is 5.56 Å². The second kappa shape index (κ2) is 6.12. The Bertz CT molecular complexity index is 841. The van der Waals surface area contributed by atoms with Gasteiger partial charge >= 0.3 is 0 Å². The number of carbonyl (C=O) groups is 1. The zero-order valence-corrected chi connectivity index (χ0v) is 12.6. The lowest BCUT2D eigenvalue weighted by molar-refractivity contribution is 0.0938. The number of sulfonamides is 1. The molecular formula is C14H15N3O4S. The van der Waals surface area contributed by atoms with Gasteiger partial charge in [0.05, 0.1) is 10.9 Å². The highest BCUT2D eigenvalue weighted by Crippen LogP contribution is 2.15. The molecule has 0 saturated carbocycles. The summed E-state index contributed by atoms with van der Waals surface area (Å²) in [5.74, 6) is -0.509. The summed E-state index contributed by atoms with van der Waals surface area (Å²) in [6, 6.07) is 8.42. The van der Waals surface area contributed by atoms with Gasteiger partial charge in [-0.25, -0.2) is 13.6 Å². The first-order valence-electron chi connectivity index (χ1n) is 6.40. The summed E-state index contributed by atoms with van der Waals surface area (Å²) < 4.78 is 22.4. The third-order valence-corrected chi connectivity index (χ3v) is 4.05. The summed E-state index contributed by atoms with van der Waals surface area (Å²) in [6.07, 6.45) is 1.44. The summed E-state index contributed by atoms with van der Waals surface area (Å²) in [7, 11) is -3.75. The zero-order chi connectivity index (χ0) is 16.3. The van der Waals surface area contributed by atoms with Crippen molar-refractivity contribution in [2.45, 2.75) is 17.9 Å². The van der Waals surface area contributed by atoms with E-state index in [2.05, 4.69) is 10.3 Å². The highest BCUT2D eigenvalue weighted by molar-refractivity contribution is 7.89. The molecule has 8 heteroatoms. The number of hydrogen-bond donors (Lipinski definition) is 3. The molecule has 0 spiro atoms. The van der Waals surface area contributed by atoms with Gasteiger partial charge < -0.3 is 10.3 Å². The molecule has 0 radical (unpaired) electrons. The van der Waals surface area contributed by atoms with Crippen molar-refractivity contribution in [1.82, 2.24) is 10.3 Å². The van der Waals surface area contributed by atoms with Crippen molar-refractivity contribution < 1.29 is 13.2 Å². The number of aromatic amines is 1. The van der Waals surface area contributed by atoms with Crippen LogP contribution in [0.1, 0.15) is 28.9 Å². The number of rotatable bonds is 4. The Morgan fingerprint density at radius 3 is 2.41 bits per heavy atom. The lowest BCUT2D eigenvalue weighted by Crippen LogP contribution is -2.31. The molecule has 1 unspecified atom stereocenters. The molecule has 2 rings (SSSR count). The highest BCUT2D eigenvalue weighted by Gasteiger charge is 2.15. The minimum Gasteiger partial charge on any atom is -0.345 e. The molecule has 0 bridgehead atoms. The normalized spacial score (nSPS) is 12.6. The molecule has 0 aliphatic carbocycles. The Balaban J connectivity index is 2.16. The standard InChI is InChI=1S/C14H15N3O4S/c1-9(10-4-6-11(7-5-10)22(15,20)21)17-14(19)12-3-2-8-16-13(12)18/h2-9H,1H3,(H,16,18)(H,17,19)(H2,15,20,21). The fourth-order valence-electron chi connectivity index (χ4n) is 1.90. The van der Waals surface area contributed by atoms with Crippen molar-refractivity contribution in [2.24, 2.45) is 5.14 Å². The topological polar surface area (TPSA) is 122 Å². The van der Waals surface area contributed by atoms with Crippen LogP contribution in [0.15, 0.2) is 52.3 Å². The smallest absolute Gasteiger partial charge is 0.260 e. The first kappa shape index (κ1) is 15.9. The average molecular weight is 321 g/mol. The van der Waals surface area contributed by atoms with E-state index in [4.69, 9.17) is 5.14 Å². The molecule has 1 aromatic heterocycles. The van der Waals surface area contributed by atoms with Crippen molar-refractivity contribution >= 4 is 15.9 Å². The van der Waals surface area contributed by atoms with Gasteiger partial charge in [0.2, 0.25) is 10.0 Å². The van der Waals surface area contributed by atoms with Crippen LogP contribution in [-0.4, -0.2) is 19.3 Å². The van der Waals surface area contributed by atoms with Crippen LogP contribution in [-0.2, 0) is 10.0 Å². The van der Waals surface area contributed by atoms with E-state index in [1.54, 1.807) is 25.1 Å². The quantitative estimate of drug-likeness (QED) is 0.759. The number of nitrogens with two attached hydrogens (primary N) is 1. The first-order chi connectivity index (χ1) is 10.3. The average Bonchev–Trinajstić information content (AvgIpc) is 2.46. The van der Waals surface area contributed by atoms with Crippen LogP contribution in [0.4, 0.5) is 0 Å². The van der Waals surface area contributed by atoms with Crippen LogP contribution in [0, 0.1) is 0 Å². The molecule has 116 valence electrons. The van der Waals surface area contributed by atoms with Crippen molar-refractivity contribution in [3.8, 4) is 0 Å². The number of aromatic nitrogens is 1. The van der Waals surface area contributed by atoms with Gasteiger partial charge in [-0.15, -0.1) is 0 Å². The number of primary sulfonamides is 1. The van der Waals surface area contributed by atoms with Crippen LogP contribution in [0.3, 0.4) is 0 Å². The monoisotopic (exact) mass is 321 g/mol. The second-order valence-electron chi connectivity index (χ2n) is 4.72. The zero-order valence-electron chi connectivity index (χ0n) is 11.7. The lowest BCUT2D eigenvalue weighted by Gasteiger charge is -2.14. The molecule has 0 aliphatic rings. The highest BCUT2D eigenvalue weighted by atomic mass is 32.2. The minimum atomic E-state index is -3.75. The van der Waals surface area contributed by atoms with Crippen LogP contribution in [0.2, 0.25) is 0 Å². The molecule has 1 atom stereocenters. The molecule has 4 N–H and O–H groups in total. The van der Waals surface area contributed by atoms with Crippen LogP contribution < -0.4 is 16.0 Å². The number of benzene rings is 1. The van der Waals surface area contributed by atoms with Crippen LogP contribution >= 0.6 is 0 Å². The Hall–Kier alpha value is -2.45. The number of pyridine rings is 1. The van der Waals surface area contributed by atoms with Gasteiger partial charge in [-0.05, 0) is 36.8 Å². The Kier molecular flexibility index (Phi) is 4.43. The van der Waals surface area contributed by atoms with Gasteiger partial charge in [-0.2, -0.15) is 0 Å². The third kappa shape index (κ3) is 3.60. The van der Waals surface area contributed by atoms with Crippen molar-refractivity contribution in [2.75, 3.05) is 0 Å². The van der Waals surface area contributed by atoms with E-state index in [9.17, 15) is 18.0 Å². The van der Waals surface area contributed by atoms with E-state index in [1.165, 1.54) is 24.4 Å². The Labute approximate surface area is 127 Å². The van der Waals surface area contributed by atoms with E-state index in [1.807, 2.05) is 0 Å². The fraction of sp³-hybridized carbons (Fsp3) is 0.143. The predicted molar refractivity (Wildman–Crippen MR) is 80.8 cm³/mol. The van der Waals surface area contributed by atoms with Crippen molar-refractivity contribution in [3.05, 3.63) is 64.1 Å². The van der Waals surface area contributed by atoms with Gasteiger partial charge in [0.15, 0.2) is 0 Å². The summed E-state index contributed by atoms with van der Waals surface area (Å²) in [5, 5.41) is 7.69. The van der Waals surface area contributed by atoms with E-state index in [-0.39, 0.29) is 10.5 Å². The largest absolute Gasteiger partial charge is 0.345 e. The van der Waals surface area contributed by atoms with E-state index >= 15 is 0 Å². The van der Waals surface area contributed by atoms with Crippen molar-refractivity contribution in [1.29, 1.82) is 0 Å². The SMILES string of the molecule is CC(NC(=O)c1ccc[nH]c1=O)c1ccc(S(N)(=O)=O)cc1. The number of carbonyl (C=O) groups excluding carboxylic acids is 1. The van der Waals surface area contributed by atoms with E-state index < -0.39 is 27.5 Å². The fourth-order valence-corrected chi connectivity index (χ4v) is 2.42. The molecule has 22 heavy (non-hydrogen) atoms. The van der Waals surface area contributed by atoms with E-state index in [0.29, 0.717) is 5.56 Å².